The van der Waals surface area contributed by atoms with Gasteiger partial charge >= 0.3 is 0 Å². The molecule has 0 aliphatic rings. The molecule has 0 aromatic heterocycles. The van der Waals surface area contributed by atoms with Crippen molar-refractivity contribution in [1.29, 1.82) is 0 Å². The van der Waals surface area contributed by atoms with Crippen molar-refractivity contribution < 1.29 is 9.18 Å². The highest BCUT2D eigenvalue weighted by molar-refractivity contribution is 7.98. The minimum absolute atomic E-state index is 0.225. The summed E-state index contributed by atoms with van der Waals surface area (Å²) in [6.07, 6.45) is 2.57. The van der Waals surface area contributed by atoms with E-state index in [1.54, 1.807) is 30.0 Å². The largest absolute Gasteiger partial charge is 0.320 e. The minimum atomic E-state index is -0.572. The van der Waals surface area contributed by atoms with Crippen molar-refractivity contribution in [2.24, 2.45) is 5.73 Å². The number of hydrogen-bond acceptors (Lipinski definition) is 3. The number of hydrogen-bond donors (Lipinski definition) is 1. The summed E-state index contributed by atoms with van der Waals surface area (Å²) in [4.78, 5) is 13.6. The second kappa shape index (κ2) is 7.38. The number of thioether (sulfide) groups is 1. The van der Waals surface area contributed by atoms with Gasteiger partial charge in [-0.2, -0.15) is 11.8 Å². The lowest BCUT2D eigenvalue weighted by molar-refractivity contribution is -0.119. The van der Waals surface area contributed by atoms with Crippen LogP contribution in [0.25, 0.3) is 0 Å². The smallest absolute Gasteiger partial charge is 0.243 e. The van der Waals surface area contributed by atoms with Crippen LogP contribution in [0.2, 0.25) is 0 Å². The predicted octanol–water partition coefficient (Wildman–Crippen LogP) is 2.26. The Labute approximate surface area is 112 Å². The van der Waals surface area contributed by atoms with Crippen molar-refractivity contribution in [1.82, 2.24) is 0 Å². The average Bonchev–Trinajstić information content (AvgIpc) is 2.38. The van der Waals surface area contributed by atoms with Gasteiger partial charge < -0.3 is 10.6 Å². The van der Waals surface area contributed by atoms with Crippen LogP contribution in [0.5, 0.6) is 0 Å². The number of nitrogens with two attached hydrogens (primary N) is 1. The highest BCUT2D eigenvalue weighted by Gasteiger charge is 2.22. The number of likely N-dealkylation sites (N-methyl/N-ethyl adjacent to an activating group) is 1. The molecular formula is C13H19FN2OS. The Hall–Kier alpha value is -1.07. The van der Waals surface area contributed by atoms with Crippen molar-refractivity contribution in [3.63, 3.8) is 0 Å². The third-order valence-corrected chi connectivity index (χ3v) is 3.32. The number of para-hydroxylation sites is 1. The number of benzene rings is 1. The zero-order valence-electron chi connectivity index (χ0n) is 10.7. The molecule has 100 valence electrons. The van der Waals surface area contributed by atoms with E-state index < -0.39 is 11.9 Å². The van der Waals surface area contributed by atoms with E-state index in [1.807, 2.05) is 13.2 Å². The molecule has 1 rings (SSSR count). The fourth-order valence-electron chi connectivity index (χ4n) is 1.68. The molecule has 0 saturated heterocycles. The van der Waals surface area contributed by atoms with Crippen molar-refractivity contribution in [2.45, 2.75) is 19.4 Å². The maximum Gasteiger partial charge on any atom is 0.243 e. The second-order valence-corrected chi connectivity index (χ2v) is 4.91. The molecular weight excluding hydrogens is 251 g/mol. The predicted molar refractivity (Wildman–Crippen MR) is 75.4 cm³/mol. The van der Waals surface area contributed by atoms with E-state index in [0.29, 0.717) is 18.7 Å². The molecule has 1 aromatic carbocycles. The molecule has 5 heteroatoms. The highest BCUT2D eigenvalue weighted by atomic mass is 32.2. The standard InChI is InChI=1S/C13H19FN2OS/c1-3-16(12-7-5-4-6-10(12)14)13(17)11(15)8-9-18-2/h4-7,11H,3,8-9,15H2,1-2H3/t11-/m0/s1. The van der Waals surface area contributed by atoms with Gasteiger partial charge in [-0.25, -0.2) is 4.39 Å². The highest BCUT2D eigenvalue weighted by Crippen LogP contribution is 2.19. The number of carbonyl (C=O) groups is 1. The Balaban J connectivity index is 2.83. The number of nitrogens with zero attached hydrogens (tertiary/aromatic N) is 1. The van der Waals surface area contributed by atoms with E-state index in [1.165, 1.54) is 11.0 Å². The molecule has 0 radical (unpaired) electrons. The van der Waals surface area contributed by atoms with Gasteiger partial charge in [-0.3, -0.25) is 4.79 Å². The molecule has 0 bridgehead atoms. The molecule has 1 amide bonds. The zero-order valence-corrected chi connectivity index (χ0v) is 11.5. The third kappa shape index (κ3) is 3.71. The summed E-state index contributed by atoms with van der Waals surface area (Å²) in [5.41, 5.74) is 6.14. The van der Waals surface area contributed by atoms with Crippen molar-refractivity contribution in [3.05, 3.63) is 30.1 Å². The normalized spacial score (nSPS) is 12.2. The van der Waals surface area contributed by atoms with E-state index in [2.05, 4.69) is 0 Å². The Morgan fingerprint density at radius 2 is 2.17 bits per heavy atom. The fraction of sp³-hybridized carbons (Fsp3) is 0.462. The van der Waals surface area contributed by atoms with Crippen molar-refractivity contribution in [3.8, 4) is 0 Å². The van der Waals surface area contributed by atoms with Gasteiger partial charge in [0, 0.05) is 6.54 Å². The topological polar surface area (TPSA) is 46.3 Å². The number of anilines is 1. The van der Waals surface area contributed by atoms with Crippen LogP contribution < -0.4 is 10.6 Å². The van der Waals surface area contributed by atoms with E-state index in [4.69, 9.17) is 5.73 Å². The summed E-state index contributed by atoms with van der Waals surface area (Å²) in [5, 5.41) is 0. The van der Waals surface area contributed by atoms with Crippen LogP contribution in [-0.2, 0) is 4.79 Å². The maximum atomic E-state index is 13.7. The lowest BCUT2D eigenvalue weighted by Gasteiger charge is -2.24. The number of amides is 1. The van der Waals surface area contributed by atoms with Gasteiger partial charge in [-0.05, 0) is 37.5 Å². The van der Waals surface area contributed by atoms with E-state index >= 15 is 0 Å². The van der Waals surface area contributed by atoms with Crippen LogP contribution in [0, 0.1) is 5.82 Å². The summed E-state index contributed by atoms with van der Waals surface area (Å²) in [5.74, 6) is 0.197. The Kier molecular flexibility index (Phi) is 6.15. The van der Waals surface area contributed by atoms with Crippen LogP contribution in [0.4, 0.5) is 10.1 Å². The van der Waals surface area contributed by atoms with Crippen LogP contribution in [0.15, 0.2) is 24.3 Å². The van der Waals surface area contributed by atoms with Crippen LogP contribution in [0.3, 0.4) is 0 Å². The molecule has 0 unspecified atom stereocenters. The Morgan fingerprint density at radius 3 is 2.72 bits per heavy atom. The van der Waals surface area contributed by atoms with Gasteiger partial charge in [-0.15, -0.1) is 0 Å². The first-order valence-electron chi connectivity index (χ1n) is 5.92. The summed E-state index contributed by atoms with van der Waals surface area (Å²) >= 11 is 1.64. The Morgan fingerprint density at radius 1 is 1.50 bits per heavy atom. The molecule has 3 nitrogen and oxygen atoms in total. The summed E-state index contributed by atoms with van der Waals surface area (Å²) in [6, 6.07) is 5.68. The first-order valence-corrected chi connectivity index (χ1v) is 7.31. The van der Waals surface area contributed by atoms with E-state index in [0.717, 1.165) is 5.75 Å². The fourth-order valence-corrected chi connectivity index (χ4v) is 2.17. The lowest BCUT2D eigenvalue weighted by atomic mass is 10.2. The van der Waals surface area contributed by atoms with E-state index in [9.17, 15) is 9.18 Å². The monoisotopic (exact) mass is 270 g/mol. The molecule has 2 N–H and O–H groups in total. The quantitative estimate of drug-likeness (QED) is 0.862. The maximum absolute atomic E-state index is 13.7. The zero-order chi connectivity index (χ0) is 13.5. The molecule has 1 atom stereocenters. The van der Waals surface area contributed by atoms with Crippen LogP contribution in [-0.4, -0.2) is 30.5 Å². The molecule has 0 fully saturated rings. The van der Waals surface area contributed by atoms with Crippen molar-refractivity contribution in [2.75, 3.05) is 23.5 Å². The average molecular weight is 270 g/mol. The van der Waals surface area contributed by atoms with Crippen molar-refractivity contribution >= 4 is 23.4 Å². The van der Waals surface area contributed by atoms with Gasteiger partial charge in [-0.1, -0.05) is 12.1 Å². The van der Waals surface area contributed by atoms with Crippen LogP contribution in [0.1, 0.15) is 13.3 Å². The molecule has 1 aromatic rings. The molecule has 0 spiro atoms. The van der Waals surface area contributed by atoms with Gasteiger partial charge in [0.2, 0.25) is 5.91 Å². The third-order valence-electron chi connectivity index (χ3n) is 2.68. The molecule has 0 aliphatic heterocycles. The van der Waals surface area contributed by atoms with Gasteiger partial charge in [0.1, 0.15) is 5.82 Å². The van der Waals surface area contributed by atoms with Crippen LogP contribution >= 0.6 is 11.8 Å². The number of rotatable bonds is 6. The van der Waals surface area contributed by atoms with Gasteiger partial charge in [0.15, 0.2) is 0 Å². The first kappa shape index (κ1) is 15.0. The SMILES string of the molecule is CCN(C(=O)[C@@H](N)CCSC)c1ccccc1F. The summed E-state index contributed by atoms with van der Waals surface area (Å²) in [6.45, 7) is 2.22. The molecule has 0 saturated carbocycles. The van der Waals surface area contributed by atoms with Gasteiger partial charge in [0.25, 0.3) is 0 Å². The van der Waals surface area contributed by atoms with Gasteiger partial charge in [0.05, 0.1) is 11.7 Å². The summed E-state index contributed by atoms with van der Waals surface area (Å²) < 4.78 is 13.7. The number of halogens is 1. The first-order chi connectivity index (χ1) is 8.61. The molecule has 0 heterocycles. The molecule has 18 heavy (non-hydrogen) atoms. The minimum Gasteiger partial charge on any atom is -0.320 e. The van der Waals surface area contributed by atoms with E-state index in [-0.39, 0.29) is 5.91 Å². The Bertz CT molecular complexity index is 400. The lowest BCUT2D eigenvalue weighted by Crippen LogP contribution is -2.44. The summed E-state index contributed by atoms with van der Waals surface area (Å²) in [7, 11) is 0. The second-order valence-electron chi connectivity index (χ2n) is 3.92. The number of carbonyl (C=O) groups excluding carboxylic acids is 1. The molecule has 0 aliphatic carbocycles.